The molecule has 52 heavy (non-hydrogen) atoms. The van der Waals surface area contributed by atoms with E-state index in [2.05, 4.69) is 73.2 Å². The zero-order chi connectivity index (χ0) is 39.7. The summed E-state index contributed by atoms with van der Waals surface area (Å²) < 4.78 is 0.908. The highest BCUT2D eigenvalue weighted by molar-refractivity contribution is 5.80. The molecule has 0 aromatic carbocycles. The van der Waals surface area contributed by atoms with Gasteiger partial charge in [0.1, 0.15) is 0 Å². The van der Waals surface area contributed by atoms with E-state index in [1.165, 1.54) is 71.1 Å². The molecular weight excluding hydrogens is 652 g/mol. The summed E-state index contributed by atoms with van der Waals surface area (Å²) in [7, 11) is 4.61. The highest BCUT2D eigenvalue weighted by Crippen LogP contribution is 2.44. The number of carbonyl (C=O) groups is 4. The van der Waals surface area contributed by atoms with Crippen molar-refractivity contribution in [2.24, 2.45) is 46.7 Å². The van der Waals surface area contributed by atoms with Crippen LogP contribution in [0, 0.1) is 40.9 Å². The summed E-state index contributed by atoms with van der Waals surface area (Å²) in [6.45, 7) is 20.7. The Balaban J connectivity index is 3.16. The lowest BCUT2D eigenvalue weighted by atomic mass is 9.74. The number of carboxylic acid groups (broad SMARTS) is 1. The Bertz CT molecular complexity index is 1080. The van der Waals surface area contributed by atoms with E-state index in [4.69, 9.17) is 5.73 Å². The van der Waals surface area contributed by atoms with Gasteiger partial charge in [-0.2, -0.15) is 0 Å². The third-order valence-corrected chi connectivity index (χ3v) is 11.4. The van der Waals surface area contributed by atoms with Crippen molar-refractivity contribution < 1.29 is 28.8 Å². The maximum Gasteiger partial charge on any atom is 0.306 e. The number of aliphatic carboxylic acids is 1. The maximum atomic E-state index is 14.3. The molecule has 7 atom stereocenters. The smallest absolute Gasteiger partial charge is 0.306 e. The molecule has 3 amide bonds. The number of carboxylic acids is 1. The minimum atomic E-state index is -0.940. The molecule has 0 saturated heterocycles. The van der Waals surface area contributed by atoms with Crippen molar-refractivity contribution in [2.75, 3.05) is 27.2 Å². The molecule has 0 aromatic heterocycles. The van der Waals surface area contributed by atoms with Gasteiger partial charge in [-0.3, -0.25) is 19.2 Å². The second-order valence-corrected chi connectivity index (χ2v) is 19.4. The third kappa shape index (κ3) is 19.8. The van der Waals surface area contributed by atoms with Gasteiger partial charge in [0.2, 0.25) is 17.7 Å². The summed E-state index contributed by atoms with van der Waals surface area (Å²) in [5.41, 5.74) is 5.31. The van der Waals surface area contributed by atoms with Gasteiger partial charge >= 0.3 is 5.97 Å². The fourth-order valence-electron chi connectivity index (χ4n) is 9.58. The second kappa shape index (κ2) is 22.9. The van der Waals surface area contributed by atoms with E-state index in [9.17, 15) is 24.3 Å². The Hall–Kier alpha value is -2.16. The highest BCUT2D eigenvalue weighted by Gasteiger charge is 2.45. The van der Waals surface area contributed by atoms with E-state index < -0.39 is 29.3 Å². The van der Waals surface area contributed by atoms with Crippen molar-refractivity contribution in [1.82, 2.24) is 10.6 Å². The number of quaternary nitrogens is 1. The summed E-state index contributed by atoms with van der Waals surface area (Å²) in [5.74, 6) is -3.25. The topological polar surface area (TPSA) is 139 Å². The molecule has 5 N–H and O–H groups in total. The van der Waals surface area contributed by atoms with E-state index in [1.54, 1.807) is 0 Å². The summed E-state index contributed by atoms with van der Waals surface area (Å²) in [6.07, 6.45) is 17.0. The van der Waals surface area contributed by atoms with Gasteiger partial charge in [0.15, 0.2) is 0 Å². The van der Waals surface area contributed by atoms with Crippen molar-refractivity contribution in [1.29, 1.82) is 0 Å². The Morgan fingerprint density at radius 2 is 1.40 bits per heavy atom. The number of rotatable bonds is 27. The third-order valence-electron chi connectivity index (χ3n) is 11.4. The molecule has 0 heterocycles. The number of primary amides is 1. The fraction of sp³-hybridized carbons (Fsp3) is 0.907. The van der Waals surface area contributed by atoms with Crippen LogP contribution in [-0.4, -0.2) is 72.0 Å². The van der Waals surface area contributed by atoms with Crippen LogP contribution >= 0.6 is 0 Å². The molecule has 0 aromatic rings. The number of carbonyl (C=O) groups excluding carboxylic acids is 3. The quantitative estimate of drug-likeness (QED) is 0.0495. The van der Waals surface area contributed by atoms with Gasteiger partial charge < -0.3 is 26.0 Å². The molecule has 0 radical (unpaired) electrons. The standard InChI is InChI=1S/C43H82N4O5/c1-12-14-15-16-17-18-19-20-21-22-23-47(10,11)29-31(3)24-35(40(50)46-43(8,9)30-42(5,6)7)25-34-26-36(45-32(4)48)28-37(34)38(41(51)52)27-33(13-2)39(44)49/h31,33-38H,12-30H2,1-11H3,(H4-,44,45,46,48,49,50,51,52)/p+1. The second-order valence-electron chi connectivity index (χ2n) is 19.4. The number of nitrogens with one attached hydrogen (secondary N) is 2. The summed E-state index contributed by atoms with van der Waals surface area (Å²) in [5, 5.41) is 16.9. The van der Waals surface area contributed by atoms with E-state index in [0.717, 1.165) is 24.0 Å². The van der Waals surface area contributed by atoms with Crippen LogP contribution in [0.4, 0.5) is 0 Å². The largest absolute Gasteiger partial charge is 0.481 e. The Kier molecular flexibility index (Phi) is 21.1. The SMILES string of the molecule is CCCCCCCCCCCC[N+](C)(C)CC(C)CC(CC1CC(NC(C)=O)CC1C(CC(CC)C(N)=O)C(=O)O)C(=O)NC(C)(C)CC(C)(C)C. The number of hydrogen-bond acceptors (Lipinski definition) is 4. The molecule has 1 aliphatic carbocycles. The zero-order valence-corrected chi connectivity index (χ0v) is 35.6. The first kappa shape index (κ1) is 47.9. The summed E-state index contributed by atoms with van der Waals surface area (Å²) in [4.78, 5) is 51.5. The van der Waals surface area contributed by atoms with Gasteiger partial charge in [0.25, 0.3) is 0 Å². The normalized spacial score (nSPS) is 20.6. The molecule has 1 rings (SSSR count). The molecule has 9 nitrogen and oxygen atoms in total. The van der Waals surface area contributed by atoms with Crippen LogP contribution < -0.4 is 16.4 Å². The van der Waals surface area contributed by atoms with Crippen molar-refractivity contribution in [3.8, 4) is 0 Å². The molecular formula is C43H83N4O5+. The Morgan fingerprint density at radius 3 is 1.88 bits per heavy atom. The monoisotopic (exact) mass is 736 g/mol. The number of nitrogens with zero attached hydrogens (tertiary/aromatic N) is 1. The van der Waals surface area contributed by atoms with Crippen LogP contribution in [0.15, 0.2) is 0 Å². The lowest BCUT2D eigenvalue weighted by molar-refractivity contribution is -0.893. The average Bonchev–Trinajstić information content (AvgIpc) is 3.36. The lowest BCUT2D eigenvalue weighted by Gasteiger charge is -2.37. The molecule has 0 aliphatic heterocycles. The number of nitrogens with two attached hydrogens (primary N) is 1. The van der Waals surface area contributed by atoms with Crippen LogP contribution in [0.5, 0.6) is 0 Å². The zero-order valence-electron chi connectivity index (χ0n) is 35.6. The number of amides is 3. The fourth-order valence-corrected chi connectivity index (χ4v) is 9.58. The Labute approximate surface area is 319 Å². The van der Waals surface area contributed by atoms with E-state index >= 15 is 0 Å². The summed E-state index contributed by atoms with van der Waals surface area (Å²) in [6, 6.07) is -0.168. The number of hydrogen-bond donors (Lipinski definition) is 4. The van der Waals surface area contributed by atoms with Gasteiger partial charge in [-0.25, -0.2) is 0 Å². The van der Waals surface area contributed by atoms with Crippen molar-refractivity contribution >= 4 is 23.7 Å². The van der Waals surface area contributed by atoms with Crippen LogP contribution in [0.3, 0.4) is 0 Å². The van der Waals surface area contributed by atoms with Crippen molar-refractivity contribution in [3.63, 3.8) is 0 Å². The van der Waals surface area contributed by atoms with Gasteiger partial charge in [0, 0.05) is 36.3 Å². The van der Waals surface area contributed by atoms with Gasteiger partial charge in [-0.1, -0.05) is 92.9 Å². The molecule has 304 valence electrons. The van der Waals surface area contributed by atoms with E-state index in [1.807, 2.05) is 6.92 Å². The predicted octanol–water partition coefficient (Wildman–Crippen LogP) is 8.48. The minimum Gasteiger partial charge on any atom is -0.481 e. The molecule has 0 spiro atoms. The Morgan fingerprint density at radius 1 is 0.846 bits per heavy atom. The first-order chi connectivity index (χ1) is 24.1. The molecule has 1 aliphatic rings. The van der Waals surface area contributed by atoms with Crippen molar-refractivity contribution in [3.05, 3.63) is 0 Å². The minimum absolute atomic E-state index is 0.0262. The molecule has 0 bridgehead atoms. The van der Waals surface area contributed by atoms with Crippen LogP contribution in [0.25, 0.3) is 0 Å². The lowest BCUT2D eigenvalue weighted by Crippen LogP contribution is -2.49. The summed E-state index contributed by atoms with van der Waals surface area (Å²) >= 11 is 0. The molecule has 9 heteroatoms. The molecule has 7 unspecified atom stereocenters. The predicted molar refractivity (Wildman–Crippen MR) is 214 cm³/mol. The van der Waals surface area contributed by atoms with Gasteiger partial charge in [-0.15, -0.1) is 0 Å². The average molecular weight is 736 g/mol. The molecule has 1 saturated carbocycles. The van der Waals surface area contributed by atoms with E-state index in [-0.39, 0.29) is 53.4 Å². The first-order valence-corrected chi connectivity index (χ1v) is 21.0. The van der Waals surface area contributed by atoms with Gasteiger partial charge in [0.05, 0.1) is 33.1 Å². The highest BCUT2D eigenvalue weighted by atomic mass is 16.4. The molecule has 1 fully saturated rings. The maximum absolute atomic E-state index is 14.3. The van der Waals surface area contributed by atoms with Crippen LogP contribution in [0.1, 0.15) is 171 Å². The van der Waals surface area contributed by atoms with Crippen molar-refractivity contribution in [2.45, 2.75) is 183 Å². The first-order valence-electron chi connectivity index (χ1n) is 21.0. The van der Waals surface area contributed by atoms with Gasteiger partial charge in [-0.05, 0) is 88.9 Å². The van der Waals surface area contributed by atoms with E-state index in [0.29, 0.717) is 32.1 Å². The van der Waals surface area contributed by atoms with Crippen LogP contribution in [0.2, 0.25) is 0 Å². The van der Waals surface area contributed by atoms with Crippen LogP contribution in [-0.2, 0) is 19.2 Å². The number of unbranched alkanes of at least 4 members (excludes halogenated alkanes) is 9.